The number of methoxy groups -OCH3 is 2. The van der Waals surface area contributed by atoms with Crippen molar-refractivity contribution >= 4 is 11.9 Å². The number of ketones is 1. The molecule has 2 rings (SSSR count). The first-order chi connectivity index (χ1) is 13.9. The Balaban J connectivity index is 2.41. The molecule has 0 aromatic heterocycles. The van der Waals surface area contributed by atoms with Crippen LogP contribution in [0.2, 0.25) is 0 Å². The Morgan fingerprint density at radius 2 is 1.72 bits per heavy atom. The predicted octanol–water partition coefficient (Wildman–Crippen LogP) is 5.05. The van der Waals surface area contributed by atoms with Crippen LogP contribution in [-0.2, 0) is 6.42 Å². The number of Topliss-reactive ketones (excluding diaryl/α,β-unsaturated/α-hetero) is 1. The Labute approximate surface area is 168 Å². The lowest BCUT2D eigenvalue weighted by atomic mass is 9.99. The molecule has 2 aromatic rings. The largest absolute Gasteiger partial charge is 0.493 e. The summed E-state index contributed by atoms with van der Waals surface area (Å²) in [5.41, 5.74) is 1.75. The Hall–Kier alpha value is -3.40. The van der Waals surface area contributed by atoms with E-state index in [4.69, 9.17) is 9.47 Å². The van der Waals surface area contributed by atoms with Crippen LogP contribution < -0.4 is 14.2 Å². The third-order valence-corrected chi connectivity index (χ3v) is 4.12. The van der Waals surface area contributed by atoms with Crippen molar-refractivity contribution in [2.45, 2.75) is 26.4 Å². The van der Waals surface area contributed by atoms with Gasteiger partial charge in [0, 0.05) is 5.56 Å². The van der Waals surface area contributed by atoms with Crippen LogP contribution >= 0.6 is 0 Å². The van der Waals surface area contributed by atoms with E-state index >= 15 is 0 Å². The first kappa shape index (κ1) is 21.9. The normalized spacial score (nSPS) is 11.1. The van der Waals surface area contributed by atoms with Crippen molar-refractivity contribution in [3.63, 3.8) is 0 Å². The molecule has 152 valence electrons. The molecule has 0 saturated heterocycles. The number of rotatable bonds is 9. The Morgan fingerprint density at radius 1 is 1.14 bits per heavy atom. The summed E-state index contributed by atoms with van der Waals surface area (Å²) < 4.78 is 39.9. The zero-order valence-electron chi connectivity index (χ0n) is 16.4. The molecule has 0 heterocycles. The number of nitriles is 1. The van der Waals surface area contributed by atoms with Gasteiger partial charge in [0.25, 0.3) is 0 Å². The molecular formula is C22H21F2NO4. The average molecular weight is 401 g/mol. The number of carbonyl (C=O) groups is 1. The van der Waals surface area contributed by atoms with Crippen molar-refractivity contribution in [1.82, 2.24) is 0 Å². The second-order valence-electron chi connectivity index (χ2n) is 6.08. The summed E-state index contributed by atoms with van der Waals surface area (Å²) >= 11 is 0. The van der Waals surface area contributed by atoms with E-state index in [1.807, 2.05) is 18.2 Å². The van der Waals surface area contributed by atoms with Gasteiger partial charge in [0.15, 0.2) is 11.5 Å². The van der Waals surface area contributed by atoms with E-state index in [1.165, 1.54) is 32.4 Å². The van der Waals surface area contributed by atoms with Crippen LogP contribution in [0.5, 0.6) is 17.2 Å². The summed E-state index contributed by atoms with van der Waals surface area (Å²) in [6.45, 7) is -0.999. The third kappa shape index (κ3) is 5.55. The molecule has 0 aliphatic rings. The summed E-state index contributed by atoms with van der Waals surface area (Å²) in [4.78, 5) is 12.7. The number of nitrogens with zero attached hydrogens (tertiary/aromatic N) is 1. The summed E-state index contributed by atoms with van der Waals surface area (Å²) in [5, 5.41) is 9.46. The maximum atomic E-state index is 12.7. The second kappa shape index (κ2) is 10.2. The monoisotopic (exact) mass is 401 g/mol. The number of hydrogen-bond acceptors (Lipinski definition) is 5. The topological polar surface area (TPSA) is 68.6 Å². The van der Waals surface area contributed by atoms with Gasteiger partial charge in [-0.15, -0.1) is 0 Å². The molecule has 0 N–H and O–H groups in total. The molecule has 0 bridgehead atoms. The van der Waals surface area contributed by atoms with E-state index in [-0.39, 0.29) is 22.8 Å². The number of benzene rings is 2. The van der Waals surface area contributed by atoms with Crippen molar-refractivity contribution in [2.24, 2.45) is 0 Å². The maximum Gasteiger partial charge on any atom is 0.387 e. The van der Waals surface area contributed by atoms with E-state index in [9.17, 15) is 18.8 Å². The van der Waals surface area contributed by atoms with Gasteiger partial charge in [0.2, 0.25) is 11.5 Å². The number of carbonyl (C=O) groups excluding carboxylic acids is 1. The van der Waals surface area contributed by atoms with Gasteiger partial charge in [0.1, 0.15) is 11.6 Å². The fourth-order valence-electron chi connectivity index (χ4n) is 2.77. The smallest absolute Gasteiger partial charge is 0.387 e. The van der Waals surface area contributed by atoms with Crippen molar-refractivity contribution in [3.05, 3.63) is 58.7 Å². The van der Waals surface area contributed by atoms with Crippen LogP contribution in [0.1, 0.15) is 34.8 Å². The first-order valence-electron chi connectivity index (χ1n) is 8.89. The lowest BCUT2D eigenvalue weighted by molar-refractivity contribution is -0.0526. The fraction of sp³-hybridized carbons (Fsp3) is 0.273. The van der Waals surface area contributed by atoms with Gasteiger partial charge in [-0.25, -0.2) is 0 Å². The molecule has 2 aromatic carbocycles. The molecule has 0 fully saturated rings. The predicted molar refractivity (Wildman–Crippen MR) is 105 cm³/mol. The third-order valence-electron chi connectivity index (χ3n) is 4.12. The second-order valence-corrected chi connectivity index (χ2v) is 6.08. The minimum absolute atomic E-state index is 0.00967. The number of halogens is 2. The summed E-state index contributed by atoms with van der Waals surface area (Å²) in [5.74, 6) is -0.728. The van der Waals surface area contributed by atoms with Crippen molar-refractivity contribution in [2.75, 3.05) is 14.2 Å². The molecule has 0 saturated carbocycles. The van der Waals surface area contributed by atoms with E-state index < -0.39 is 12.4 Å². The molecule has 0 amide bonds. The van der Waals surface area contributed by atoms with Crippen LogP contribution in [0.4, 0.5) is 8.78 Å². The van der Waals surface area contributed by atoms with Crippen LogP contribution in [0, 0.1) is 11.3 Å². The Kier molecular flexibility index (Phi) is 7.72. The van der Waals surface area contributed by atoms with E-state index in [0.29, 0.717) is 11.1 Å². The number of alkyl halides is 2. The highest BCUT2D eigenvalue weighted by Gasteiger charge is 2.19. The van der Waals surface area contributed by atoms with Gasteiger partial charge in [-0.05, 0) is 35.8 Å². The first-order valence-corrected chi connectivity index (χ1v) is 8.89. The molecule has 0 aliphatic carbocycles. The molecule has 0 aliphatic heterocycles. The molecular weight excluding hydrogens is 380 g/mol. The van der Waals surface area contributed by atoms with Crippen LogP contribution in [0.15, 0.2) is 42.0 Å². The van der Waals surface area contributed by atoms with Crippen LogP contribution in [0.3, 0.4) is 0 Å². The van der Waals surface area contributed by atoms with E-state index in [2.05, 4.69) is 11.7 Å². The fourth-order valence-corrected chi connectivity index (χ4v) is 2.77. The number of hydrogen-bond donors (Lipinski definition) is 0. The highest BCUT2D eigenvalue weighted by molar-refractivity contribution is 6.14. The highest BCUT2D eigenvalue weighted by atomic mass is 19.3. The summed E-state index contributed by atoms with van der Waals surface area (Å²) in [6.07, 6.45) is 3.24. The zero-order chi connectivity index (χ0) is 21.4. The van der Waals surface area contributed by atoms with Crippen molar-refractivity contribution < 1.29 is 27.8 Å². The molecule has 0 unspecified atom stereocenters. The molecule has 5 nitrogen and oxygen atoms in total. The van der Waals surface area contributed by atoms with Crippen LogP contribution in [0.25, 0.3) is 6.08 Å². The molecule has 0 spiro atoms. The van der Waals surface area contributed by atoms with Crippen molar-refractivity contribution in [1.29, 1.82) is 5.26 Å². The lowest BCUT2D eigenvalue weighted by Gasteiger charge is -2.14. The molecule has 29 heavy (non-hydrogen) atoms. The quantitative estimate of drug-likeness (QED) is 0.334. The maximum absolute atomic E-state index is 12.7. The van der Waals surface area contributed by atoms with Gasteiger partial charge in [-0.2, -0.15) is 14.0 Å². The number of aryl methyl sites for hydroxylation is 1. The standard InChI is InChI=1S/C22H21F2NO4/c1-4-5-14-6-8-16(9-7-14)20(26)17(13-25)10-15-11-18(27-2)21(29-22(23)24)19(12-15)28-3/h6-12,22H,4-5H2,1-3H3/b17-10+. The number of ether oxygens (including phenoxy) is 3. The van der Waals surface area contributed by atoms with Gasteiger partial charge in [0.05, 0.1) is 14.2 Å². The summed E-state index contributed by atoms with van der Waals surface area (Å²) in [6, 6.07) is 11.7. The number of allylic oxidation sites excluding steroid dienone is 1. The molecule has 0 radical (unpaired) electrons. The Bertz CT molecular complexity index is 906. The van der Waals surface area contributed by atoms with E-state index in [0.717, 1.165) is 18.4 Å². The minimum Gasteiger partial charge on any atom is -0.493 e. The highest BCUT2D eigenvalue weighted by Crippen LogP contribution is 2.40. The van der Waals surface area contributed by atoms with E-state index in [1.54, 1.807) is 12.1 Å². The zero-order valence-corrected chi connectivity index (χ0v) is 16.4. The lowest BCUT2D eigenvalue weighted by Crippen LogP contribution is -2.06. The minimum atomic E-state index is -3.06. The average Bonchev–Trinajstić information content (AvgIpc) is 2.72. The molecule has 0 atom stereocenters. The van der Waals surface area contributed by atoms with Gasteiger partial charge in [-0.3, -0.25) is 4.79 Å². The Morgan fingerprint density at radius 3 is 2.17 bits per heavy atom. The molecule has 7 heteroatoms. The van der Waals surface area contributed by atoms with Gasteiger partial charge < -0.3 is 14.2 Å². The summed E-state index contributed by atoms with van der Waals surface area (Å²) in [7, 11) is 2.57. The van der Waals surface area contributed by atoms with Gasteiger partial charge in [-0.1, -0.05) is 37.6 Å². The van der Waals surface area contributed by atoms with Gasteiger partial charge >= 0.3 is 6.61 Å². The van der Waals surface area contributed by atoms with Crippen LogP contribution in [-0.4, -0.2) is 26.6 Å². The van der Waals surface area contributed by atoms with Crippen molar-refractivity contribution in [3.8, 4) is 23.3 Å². The SMILES string of the molecule is CCCc1ccc(C(=O)/C(C#N)=C/c2cc(OC)c(OC(F)F)c(OC)c2)cc1.